The highest BCUT2D eigenvalue weighted by atomic mass is 16.5. The molecule has 2 amide bonds. The number of amides is 2. The topological polar surface area (TPSA) is 138 Å². The molecule has 0 spiro atoms. The van der Waals surface area contributed by atoms with E-state index in [4.69, 9.17) is 14.2 Å². The zero-order chi connectivity index (χ0) is 31.9. The monoisotopic (exact) mass is 600 g/mol. The summed E-state index contributed by atoms with van der Waals surface area (Å²) in [6.45, 7) is 5.78. The first-order valence-corrected chi connectivity index (χ1v) is 13.9. The summed E-state index contributed by atoms with van der Waals surface area (Å²) in [4.78, 5) is 42.0. The van der Waals surface area contributed by atoms with E-state index < -0.39 is 17.6 Å². The average molecular weight is 601 g/mol. The summed E-state index contributed by atoms with van der Waals surface area (Å²) in [7, 11) is 4.42. The van der Waals surface area contributed by atoms with Gasteiger partial charge in [-0.3, -0.25) is 9.59 Å². The van der Waals surface area contributed by atoms with Crippen molar-refractivity contribution in [3.63, 3.8) is 0 Å². The fraction of sp³-hybridized carbons (Fsp3) is 0.312. The lowest BCUT2D eigenvalue weighted by atomic mass is 9.98. The third-order valence-corrected chi connectivity index (χ3v) is 6.76. The van der Waals surface area contributed by atoms with Crippen LogP contribution in [0.3, 0.4) is 0 Å². The van der Waals surface area contributed by atoms with E-state index in [1.807, 2.05) is 32.9 Å². The van der Waals surface area contributed by atoms with Crippen molar-refractivity contribution in [2.45, 2.75) is 38.8 Å². The van der Waals surface area contributed by atoms with Crippen molar-refractivity contribution in [3.05, 3.63) is 95.3 Å². The normalized spacial score (nSPS) is 11.8. The summed E-state index contributed by atoms with van der Waals surface area (Å²) in [6.07, 6.45) is 1.83. The number of tetrazole rings is 1. The van der Waals surface area contributed by atoms with Crippen molar-refractivity contribution < 1.29 is 28.6 Å². The lowest BCUT2D eigenvalue weighted by molar-refractivity contribution is -0.127. The summed E-state index contributed by atoms with van der Waals surface area (Å²) in [5.41, 5.74) is 2.06. The number of aromatic nitrogens is 4. The van der Waals surface area contributed by atoms with Gasteiger partial charge in [0.05, 0.1) is 32.6 Å². The second-order valence-electron chi connectivity index (χ2n) is 11.0. The molecule has 0 aliphatic carbocycles. The number of rotatable bonds is 11. The fourth-order valence-corrected chi connectivity index (χ4v) is 4.69. The number of hydrogen-bond donors (Lipinski definition) is 1. The molecule has 1 heterocycles. The van der Waals surface area contributed by atoms with Gasteiger partial charge in [-0.05, 0) is 91.2 Å². The Bertz CT molecular complexity index is 1600. The van der Waals surface area contributed by atoms with Crippen LogP contribution in [-0.2, 0) is 16.0 Å². The van der Waals surface area contributed by atoms with Gasteiger partial charge in [-0.1, -0.05) is 24.3 Å². The Kier molecular flexibility index (Phi) is 9.94. The Labute approximate surface area is 255 Å². The SMILES string of the molecule is COC(=O)c1ccc([C@@H](C(=O)NC(C)(C)C)N(CCc2ccc(OC)c(OC)c2)C(=O)c2cccc(-n3cnnn3)c2)cc1. The fourth-order valence-electron chi connectivity index (χ4n) is 4.69. The van der Waals surface area contributed by atoms with Crippen LogP contribution in [0.25, 0.3) is 5.69 Å². The number of benzene rings is 3. The molecule has 0 saturated carbocycles. The summed E-state index contributed by atoms with van der Waals surface area (Å²) < 4.78 is 17.1. The molecular weight excluding hydrogens is 564 g/mol. The van der Waals surface area contributed by atoms with Crippen molar-refractivity contribution in [1.82, 2.24) is 30.4 Å². The minimum Gasteiger partial charge on any atom is -0.493 e. The number of nitrogens with zero attached hydrogens (tertiary/aromatic N) is 5. The molecule has 1 N–H and O–H groups in total. The second kappa shape index (κ2) is 13.8. The van der Waals surface area contributed by atoms with Gasteiger partial charge in [0, 0.05) is 17.6 Å². The van der Waals surface area contributed by atoms with E-state index in [1.165, 1.54) is 23.0 Å². The van der Waals surface area contributed by atoms with Crippen molar-refractivity contribution in [3.8, 4) is 17.2 Å². The van der Waals surface area contributed by atoms with E-state index in [0.717, 1.165) is 5.56 Å². The standard InChI is InChI=1S/C32H36N6O6/c1-32(2,3)34-29(39)28(22-11-13-23(14-12-22)31(41)44-6)37(17-16-21-10-15-26(42-4)27(18-21)43-5)30(40)24-8-7-9-25(19-24)38-20-33-35-36-38/h7-15,18-20,28H,16-17H2,1-6H3,(H,34,39)/t28-/m0/s1. The number of esters is 1. The maximum atomic E-state index is 14.4. The number of carbonyl (C=O) groups excluding carboxylic acids is 3. The molecule has 0 bridgehead atoms. The molecular formula is C32H36N6O6. The van der Waals surface area contributed by atoms with Gasteiger partial charge in [0.2, 0.25) is 5.91 Å². The van der Waals surface area contributed by atoms with Gasteiger partial charge in [-0.15, -0.1) is 5.10 Å². The van der Waals surface area contributed by atoms with Gasteiger partial charge < -0.3 is 24.4 Å². The molecule has 0 radical (unpaired) electrons. The summed E-state index contributed by atoms with van der Waals surface area (Å²) >= 11 is 0. The molecule has 3 aromatic carbocycles. The zero-order valence-electron chi connectivity index (χ0n) is 25.6. The first kappa shape index (κ1) is 31.7. The molecule has 0 aliphatic rings. The third kappa shape index (κ3) is 7.57. The molecule has 4 aromatic rings. The van der Waals surface area contributed by atoms with Crippen molar-refractivity contribution in [2.75, 3.05) is 27.9 Å². The van der Waals surface area contributed by atoms with E-state index in [9.17, 15) is 14.4 Å². The minimum absolute atomic E-state index is 0.171. The van der Waals surface area contributed by atoms with Gasteiger partial charge in [0.25, 0.3) is 5.91 Å². The Morgan fingerprint density at radius 1 is 0.909 bits per heavy atom. The molecule has 4 rings (SSSR count). The zero-order valence-corrected chi connectivity index (χ0v) is 25.6. The van der Waals surface area contributed by atoms with Gasteiger partial charge in [-0.2, -0.15) is 0 Å². The molecule has 12 nitrogen and oxygen atoms in total. The summed E-state index contributed by atoms with van der Waals surface area (Å²) in [6, 6.07) is 17.8. The Balaban J connectivity index is 1.79. The molecule has 1 atom stereocenters. The molecule has 44 heavy (non-hydrogen) atoms. The largest absolute Gasteiger partial charge is 0.493 e. The van der Waals surface area contributed by atoms with Gasteiger partial charge >= 0.3 is 5.97 Å². The Hall–Kier alpha value is -5.26. The van der Waals surface area contributed by atoms with E-state index in [2.05, 4.69) is 20.8 Å². The van der Waals surface area contributed by atoms with Crippen LogP contribution >= 0.6 is 0 Å². The van der Waals surface area contributed by atoms with Crippen LogP contribution in [0, 0.1) is 0 Å². The Morgan fingerprint density at radius 2 is 1.64 bits per heavy atom. The highest BCUT2D eigenvalue weighted by Crippen LogP contribution is 2.30. The maximum absolute atomic E-state index is 14.4. The number of hydrogen-bond acceptors (Lipinski definition) is 9. The highest BCUT2D eigenvalue weighted by molar-refractivity contribution is 5.98. The number of carbonyl (C=O) groups is 3. The minimum atomic E-state index is -1.04. The molecule has 230 valence electrons. The predicted molar refractivity (Wildman–Crippen MR) is 162 cm³/mol. The van der Waals surface area contributed by atoms with E-state index in [0.29, 0.717) is 40.3 Å². The van der Waals surface area contributed by atoms with Crippen molar-refractivity contribution in [1.29, 1.82) is 0 Å². The third-order valence-electron chi connectivity index (χ3n) is 6.76. The Morgan fingerprint density at radius 3 is 2.25 bits per heavy atom. The van der Waals surface area contributed by atoms with Crippen LogP contribution in [0.2, 0.25) is 0 Å². The molecule has 0 aliphatic heterocycles. The van der Waals surface area contributed by atoms with Crippen LogP contribution in [0.5, 0.6) is 11.5 Å². The average Bonchev–Trinajstić information content (AvgIpc) is 3.57. The van der Waals surface area contributed by atoms with Crippen LogP contribution in [0.15, 0.2) is 73.1 Å². The van der Waals surface area contributed by atoms with E-state index in [1.54, 1.807) is 68.8 Å². The first-order chi connectivity index (χ1) is 21.0. The van der Waals surface area contributed by atoms with Gasteiger partial charge in [0.15, 0.2) is 11.5 Å². The lowest BCUT2D eigenvalue weighted by Gasteiger charge is -2.34. The van der Waals surface area contributed by atoms with Gasteiger partial charge in [-0.25, -0.2) is 9.48 Å². The van der Waals surface area contributed by atoms with Crippen LogP contribution in [0.4, 0.5) is 0 Å². The van der Waals surface area contributed by atoms with Crippen LogP contribution in [-0.4, -0.2) is 76.3 Å². The highest BCUT2D eigenvalue weighted by Gasteiger charge is 2.34. The predicted octanol–water partition coefficient (Wildman–Crippen LogP) is 3.81. The van der Waals surface area contributed by atoms with E-state index in [-0.39, 0.29) is 18.4 Å². The maximum Gasteiger partial charge on any atom is 0.337 e. The molecule has 0 unspecified atom stereocenters. The molecule has 0 saturated heterocycles. The van der Waals surface area contributed by atoms with Gasteiger partial charge in [0.1, 0.15) is 12.4 Å². The number of ether oxygens (including phenoxy) is 3. The molecule has 0 fully saturated rings. The van der Waals surface area contributed by atoms with Crippen molar-refractivity contribution >= 4 is 17.8 Å². The molecule has 1 aromatic heterocycles. The lowest BCUT2D eigenvalue weighted by Crippen LogP contribution is -2.49. The quantitative estimate of drug-likeness (QED) is 0.255. The number of methoxy groups -OCH3 is 3. The second-order valence-corrected chi connectivity index (χ2v) is 11.0. The first-order valence-electron chi connectivity index (χ1n) is 13.9. The summed E-state index contributed by atoms with van der Waals surface area (Å²) in [5, 5.41) is 14.3. The van der Waals surface area contributed by atoms with E-state index >= 15 is 0 Å². The number of nitrogens with one attached hydrogen (secondary N) is 1. The summed E-state index contributed by atoms with van der Waals surface area (Å²) in [5.74, 6) is -0.130. The van der Waals surface area contributed by atoms with Crippen LogP contribution < -0.4 is 14.8 Å². The molecule has 12 heteroatoms. The van der Waals surface area contributed by atoms with Crippen molar-refractivity contribution in [2.24, 2.45) is 0 Å². The van der Waals surface area contributed by atoms with Crippen LogP contribution in [0.1, 0.15) is 58.7 Å². The smallest absolute Gasteiger partial charge is 0.337 e.